The quantitative estimate of drug-likeness (QED) is 0.548. The first-order valence-electron chi connectivity index (χ1n) is 4.84. The maximum absolute atomic E-state index is 12.7. The molecule has 0 unspecified atom stereocenters. The van der Waals surface area contributed by atoms with Gasteiger partial charge < -0.3 is 0 Å². The predicted molar refractivity (Wildman–Crippen MR) is 71.9 cm³/mol. The summed E-state index contributed by atoms with van der Waals surface area (Å²) in [4.78, 5) is 12.1. The predicted octanol–water partition coefficient (Wildman–Crippen LogP) is 4.60. The van der Waals surface area contributed by atoms with Crippen molar-refractivity contribution in [2.24, 2.45) is 0 Å². The third-order valence-electron chi connectivity index (χ3n) is 2.33. The third kappa shape index (κ3) is 2.59. The summed E-state index contributed by atoms with van der Waals surface area (Å²) in [6.07, 6.45) is -4.49. The van der Waals surface area contributed by atoms with Crippen LogP contribution in [0.15, 0.2) is 35.0 Å². The average molecular weight is 382 g/mol. The molecule has 2 rings (SSSR count). The van der Waals surface area contributed by atoms with Gasteiger partial charge >= 0.3 is 6.18 Å². The van der Waals surface area contributed by atoms with Crippen LogP contribution in [0.3, 0.4) is 0 Å². The van der Waals surface area contributed by atoms with Crippen molar-refractivity contribution in [3.8, 4) is 0 Å². The zero-order valence-electron chi connectivity index (χ0n) is 8.79. The molecule has 0 radical (unpaired) electrons. The van der Waals surface area contributed by atoms with E-state index >= 15 is 0 Å². The Hall–Kier alpha value is -0.890. The average Bonchev–Trinajstić information content (AvgIpc) is 2.77. The van der Waals surface area contributed by atoms with Crippen molar-refractivity contribution in [2.45, 2.75) is 6.18 Å². The minimum absolute atomic E-state index is 0.281. The Bertz CT molecular complexity index is 589. The molecule has 0 atom stereocenters. The number of hydrogen-bond acceptors (Lipinski definition) is 2. The highest BCUT2D eigenvalue weighted by atomic mass is 127. The fourth-order valence-electron chi connectivity index (χ4n) is 1.48. The summed E-state index contributed by atoms with van der Waals surface area (Å²) in [6, 6.07) is 6.58. The lowest BCUT2D eigenvalue weighted by Crippen LogP contribution is -2.12. The summed E-state index contributed by atoms with van der Waals surface area (Å²) < 4.78 is 38.8. The van der Waals surface area contributed by atoms with Gasteiger partial charge in [0.05, 0.1) is 5.56 Å². The standard InChI is InChI=1S/C12H6F3IOS/c13-12(14,15)9-6-18-5-8(9)11(17)7-3-1-2-4-10(7)16/h1-6H. The van der Waals surface area contributed by atoms with Gasteiger partial charge in [-0.2, -0.15) is 24.5 Å². The number of benzene rings is 1. The molecule has 18 heavy (non-hydrogen) atoms. The van der Waals surface area contributed by atoms with Crippen LogP contribution in [0.25, 0.3) is 0 Å². The van der Waals surface area contributed by atoms with Gasteiger partial charge in [0.2, 0.25) is 0 Å². The lowest BCUT2D eigenvalue weighted by atomic mass is 10.0. The molecule has 1 heterocycles. The highest BCUT2D eigenvalue weighted by Crippen LogP contribution is 2.35. The first-order chi connectivity index (χ1) is 8.41. The Balaban J connectivity index is 2.48. The van der Waals surface area contributed by atoms with Crippen molar-refractivity contribution in [3.05, 3.63) is 55.3 Å². The molecule has 1 aromatic carbocycles. The molecule has 6 heteroatoms. The normalized spacial score (nSPS) is 11.6. The van der Waals surface area contributed by atoms with E-state index in [-0.39, 0.29) is 5.56 Å². The minimum atomic E-state index is -4.49. The molecule has 0 saturated carbocycles. The van der Waals surface area contributed by atoms with Crippen LogP contribution in [0, 0.1) is 3.57 Å². The fraction of sp³-hybridized carbons (Fsp3) is 0.0833. The van der Waals surface area contributed by atoms with Crippen LogP contribution in [0.4, 0.5) is 13.2 Å². The van der Waals surface area contributed by atoms with Gasteiger partial charge in [0.25, 0.3) is 0 Å². The van der Waals surface area contributed by atoms with Gasteiger partial charge in [-0.15, -0.1) is 0 Å². The highest BCUT2D eigenvalue weighted by molar-refractivity contribution is 14.1. The van der Waals surface area contributed by atoms with E-state index in [0.29, 0.717) is 9.13 Å². The van der Waals surface area contributed by atoms with E-state index in [0.717, 1.165) is 16.7 Å². The number of alkyl halides is 3. The van der Waals surface area contributed by atoms with Gasteiger partial charge in [0.15, 0.2) is 5.78 Å². The van der Waals surface area contributed by atoms with E-state index in [1.807, 2.05) is 22.6 Å². The molecular weight excluding hydrogens is 376 g/mol. The van der Waals surface area contributed by atoms with Crippen LogP contribution in [0.1, 0.15) is 21.5 Å². The zero-order chi connectivity index (χ0) is 13.3. The van der Waals surface area contributed by atoms with E-state index in [4.69, 9.17) is 0 Å². The molecule has 0 fully saturated rings. The molecule has 0 saturated heterocycles. The summed E-state index contributed by atoms with van der Waals surface area (Å²) in [5, 5.41) is 2.21. The molecule has 0 spiro atoms. The molecule has 1 nitrogen and oxygen atoms in total. The van der Waals surface area contributed by atoms with Crippen LogP contribution in [-0.2, 0) is 6.18 Å². The van der Waals surface area contributed by atoms with Gasteiger partial charge in [-0.1, -0.05) is 12.1 Å². The van der Waals surface area contributed by atoms with Gasteiger partial charge in [-0.05, 0) is 34.7 Å². The van der Waals surface area contributed by atoms with Crippen molar-refractivity contribution in [3.63, 3.8) is 0 Å². The van der Waals surface area contributed by atoms with Gasteiger partial charge in [0.1, 0.15) is 0 Å². The molecule has 94 valence electrons. The molecule has 0 aliphatic carbocycles. The smallest absolute Gasteiger partial charge is 0.289 e. The van der Waals surface area contributed by atoms with Crippen molar-refractivity contribution < 1.29 is 18.0 Å². The fourth-order valence-corrected chi connectivity index (χ4v) is 2.95. The topological polar surface area (TPSA) is 17.1 Å². The van der Waals surface area contributed by atoms with E-state index in [1.54, 1.807) is 18.2 Å². The summed E-state index contributed by atoms with van der Waals surface area (Å²) >= 11 is 2.81. The Morgan fingerprint density at radius 3 is 2.39 bits per heavy atom. The number of thiophene rings is 1. The zero-order valence-corrected chi connectivity index (χ0v) is 11.8. The largest absolute Gasteiger partial charge is 0.417 e. The van der Waals surface area contributed by atoms with E-state index in [9.17, 15) is 18.0 Å². The van der Waals surface area contributed by atoms with Crippen LogP contribution in [0.2, 0.25) is 0 Å². The first-order valence-corrected chi connectivity index (χ1v) is 6.86. The Morgan fingerprint density at radius 1 is 1.11 bits per heavy atom. The maximum atomic E-state index is 12.7. The molecule has 2 aromatic rings. The molecule has 1 aromatic heterocycles. The summed E-state index contributed by atoms with van der Waals surface area (Å²) in [6.45, 7) is 0. The SMILES string of the molecule is O=C(c1ccccc1I)c1cscc1C(F)(F)F. The Kier molecular flexibility index (Phi) is 3.76. The second-order valence-electron chi connectivity index (χ2n) is 3.51. The van der Waals surface area contributed by atoms with Crippen LogP contribution in [0.5, 0.6) is 0 Å². The summed E-state index contributed by atoms with van der Waals surface area (Å²) in [7, 11) is 0. The molecule has 0 amide bonds. The van der Waals surface area contributed by atoms with Gasteiger partial charge in [0, 0.05) is 25.5 Å². The van der Waals surface area contributed by atoms with Crippen molar-refractivity contribution in [1.29, 1.82) is 0 Å². The number of ketones is 1. The van der Waals surface area contributed by atoms with Gasteiger partial charge in [-0.3, -0.25) is 4.79 Å². The molecule has 0 aliphatic heterocycles. The Labute approximate surface area is 119 Å². The highest BCUT2D eigenvalue weighted by Gasteiger charge is 2.36. The van der Waals surface area contributed by atoms with Gasteiger partial charge in [-0.25, -0.2) is 0 Å². The van der Waals surface area contributed by atoms with Crippen molar-refractivity contribution in [1.82, 2.24) is 0 Å². The monoisotopic (exact) mass is 382 g/mol. The first kappa shape index (κ1) is 13.5. The van der Waals surface area contributed by atoms with E-state index in [1.165, 1.54) is 11.4 Å². The lowest BCUT2D eigenvalue weighted by molar-refractivity contribution is -0.137. The number of carbonyl (C=O) groups excluding carboxylic acids is 1. The van der Waals surface area contributed by atoms with E-state index in [2.05, 4.69) is 0 Å². The van der Waals surface area contributed by atoms with Crippen LogP contribution < -0.4 is 0 Å². The molecule has 0 aliphatic rings. The molecular formula is C12H6F3IOS. The second-order valence-corrected chi connectivity index (χ2v) is 5.41. The second kappa shape index (κ2) is 5.00. The molecule has 0 N–H and O–H groups in total. The lowest BCUT2D eigenvalue weighted by Gasteiger charge is -2.08. The number of carbonyl (C=O) groups is 1. The van der Waals surface area contributed by atoms with Crippen molar-refractivity contribution in [2.75, 3.05) is 0 Å². The Morgan fingerprint density at radius 2 is 1.78 bits per heavy atom. The minimum Gasteiger partial charge on any atom is -0.289 e. The van der Waals surface area contributed by atoms with Crippen LogP contribution >= 0.6 is 33.9 Å². The summed E-state index contributed by atoms with van der Waals surface area (Å²) in [5.41, 5.74) is -0.851. The maximum Gasteiger partial charge on any atom is 0.417 e. The molecule has 0 bridgehead atoms. The number of halogens is 4. The number of hydrogen-bond donors (Lipinski definition) is 0. The van der Waals surface area contributed by atoms with Crippen molar-refractivity contribution >= 4 is 39.7 Å². The summed E-state index contributed by atoms with van der Waals surface area (Å²) in [5.74, 6) is -0.589. The number of rotatable bonds is 2. The van der Waals surface area contributed by atoms with E-state index < -0.39 is 17.5 Å². The van der Waals surface area contributed by atoms with Crippen LogP contribution in [-0.4, -0.2) is 5.78 Å². The third-order valence-corrected chi connectivity index (χ3v) is 4.01.